The molecular weight excluding hydrogens is 348 g/mol. The Hall–Kier alpha value is -2.19. The molecule has 3 N–H and O–H groups in total. The van der Waals surface area contributed by atoms with Crippen LogP contribution in [0.25, 0.3) is 0 Å². The van der Waals surface area contributed by atoms with Crippen molar-refractivity contribution in [1.82, 2.24) is 30.7 Å². The number of nitrogens with one attached hydrogen (secondary N) is 3. The molecule has 0 radical (unpaired) electrons. The van der Waals surface area contributed by atoms with Crippen LogP contribution in [-0.2, 0) is 0 Å². The lowest BCUT2D eigenvalue weighted by molar-refractivity contribution is 0.179. The fraction of sp³-hybridized carbons (Fsp3) is 0.833. The molecule has 0 saturated carbocycles. The van der Waals surface area contributed by atoms with E-state index >= 15 is 0 Å². The average molecular weight is 378 g/mol. The third kappa shape index (κ3) is 3.77. The van der Waals surface area contributed by atoms with Crippen LogP contribution in [0.4, 0.5) is 14.4 Å². The lowest BCUT2D eigenvalue weighted by atomic mass is 10.2. The molecule has 3 atom stereocenters. The molecule has 4 rings (SSSR count). The standard InChI is InChI=1S/C18H30N6O3/c25-16-20-11-14-5-2-9-24(14)18(27)21-12-15-6-3-8-23(15)17(26)19-10-13-4-1-7-22(13)16/h13-15H,1-12H2,(H,19,26)(H,20,25)(H,21,27)/t13-,14-,15-/m0/s1. The first-order chi connectivity index (χ1) is 13.1. The van der Waals surface area contributed by atoms with Crippen LogP contribution in [0.2, 0.25) is 0 Å². The van der Waals surface area contributed by atoms with Crippen LogP contribution in [-0.4, -0.2) is 90.2 Å². The van der Waals surface area contributed by atoms with E-state index in [9.17, 15) is 14.4 Å². The molecule has 27 heavy (non-hydrogen) atoms. The minimum absolute atomic E-state index is 0.0413. The molecule has 0 aliphatic carbocycles. The van der Waals surface area contributed by atoms with Gasteiger partial charge in [-0.05, 0) is 38.5 Å². The van der Waals surface area contributed by atoms with Gasteiger partial charge in [0.2, 0.25) is 0 Å². The molecule has 0 bridgehead atoms. The van der Waals surface area contributed by atoms with Gasteiger partial charge in [0.1, 0.15) is 0 Å². The molecule has 4 aliphatic rings. The molecule has 4 saturated heterocycles. The number of carbonyl (C=O) groups excluding carboxylic acids is 3. The Bertz CT molecular complexity index is 519. The van der Waals surface area contributed by atoms with Crippen molar-refractivity contribution in [2.24, 2.45) is 0 Å². The third-order valence-corrected chi connectivity index (χ3v) is 6.38. The van der Waals surface area contributed by atoms with Gasteiger partial charge in [-0.25, -0.2) is 14.4 Å². The first-order valence-electron chi connectivity index (χ1n) is 10.3. The Morgan fingerprint density at radius 2 is 0.852 bits per heavy atom. The summed E-state index contributed by atoms with van der Waals surface area (Å²) in [6.45, 7) is 3.60. The molecule has 150 valence electrons. The largest absolute Gasteiger partial charge is 0.336 e. The Kier molecular flexibility index (Phi) is 5.27. The zero-order valence-corrected chi connectivity index (χ0v) is 15.8. The van der Waals surface area contributed by atoms with Crippen LogP contribution in [0.3, 0.4) is 0 Å². The summed E-state index contributed by atoms with van der Waals surface area (Å²) in [4.78, 5) is 43.4. The van der Waals surface area contributed by atoms with Gasteiger partial charge in [-0.1, -0.05) is 0 Å². The van der Waals surface area contributed by atoms with Crippen LogP contribution in [0.15, 0.2) is 0 Å². The minimum Gasteiger partial charge on any atom is -0.336 e. The number of nitrogens with zero attached hydrogens (tertiary/aromatic N) is 3. The normalized spacial score (nSPS) is 32.7. The summed E-state index contributed by atoms with van der Waals surface area (Å²) in [7, 11) is 0. The lowest BCUT2D eigenvalue weighted by Crippen LogP contribution is -2.51. The second kappa shape index (κ2) is 7.82. The predicted octanol–water partition coefficient (Wildman–Crippen LogP) is 0.522. The Morgan fingerprint density at radius 3 is 1.15 bits per heavy atom. The Labute approximate surface area is 159 Å². The zero-order valence-electron chi connectivity index (χ0n) is 15.8. The zero-order chi connectivity index (χ0) is 18.8. The highest BCUT2D eigenvalue weighted by Crippen LogP contribution is 2.21. The SMILES string of the molecule is O=C1NC[C@@H]2CCCN2C(=O)NC[C@@H]2CCCN2C(=O)NC[C@@H]2CCCN12. The van der Waals surface area contributed by atoms with E-state index in [1.54, 1.807) is 0 Å². The fourth-order valence-electron chi connectivity index (χ4n) is 4.87. The van der Waals surface area contributed by atoms with Crippen LogP contribution < -0.4 is 16.0 Å². The molecule has 4 aliphatic heterocycles. The maximum Gasteiger partial charge on any atom is 0.317 e. The maximum atomic E-state index is 12.6. The van der Waals surface area contributed by atoms with Gasteiger partial charge in [0.05, 0.1) is 18.1 Å². The van der Waals surface area contributed by atoms with Crippen molar-refractivity contribution in [3.05, 3.63) is 0 Å². The van der Waals surface area contributed by atoms with Crippen molar-refractivity contribution in [3.8, 4) is 0 Å². The van der Waals surface area contributed by atoms with Crippen molar-refractivity contribution in [2.45, 2.75) is 56.7 Å². The molecule has 0 aromatic carbocycles. The second-order valence-corrected chi connectivity index (χ2v) is 8.03. The predicted molar refractivity (Wildman–Crippen MR) is 99.4 cm³/mol. The molecule has 6 amide bonds. The molecule has 9 heteroatoms. The Morgan fingerprint density at radius 1 is 0.556 bits per heavy atom. The highest BCUT2D eigenvalue weighted by molar-refractivity contribution is 5.78. The van der Waals surface area contributed by atoms with Crippen LogP contribution in [0.1, 0.15) is 38.5 Å². The third-order valence-electron chi connectivity index (χ3n) is 6.38. The number of urea groups is 3. The summed E-state index contributed by atoms with van der Waals surface area (Å²) in [5.41, 5.74) is 0. The topological polar surface area (TPSA) is 97.0 Å². The molecular formula is C18H30N6O3. The smallest absolute Gasteiger partial charge is 0.317 e. The van der Waals surface area contributed by atoms with E-state index in [-0.39, 0.29) is 36.2 Å². The average Bonchev–Trinajstić information content (AvgIpc) is 3.41. The van der Waals surface area contributed by atoms with Gasteiger partial charge >= 0.3 is 18.1 Å². The van der Waals surface area contributed by atoms with Gasteiger partial charge in [-0.3, -0.25) is 0 Å². The van der Waals surface area contributed by atoms with E-state index in [0.29, 0.717) is 39.3 Å². The number of carbonyl (C=O) groups is 3. The number of hydrogen-bond acceptors (Lipinski definition) is 3. The maximum absolute atomic E-state index is 12.6. The van der Waals surface area contributed by atoms with Gasteiger partial charge in [0, 0.05) is 39.3 Å². The monoisotopic (exact) mass is 378 g/mol. The van der Waals surface area contributed by atoms with Gasteiger partial charge in [0.15, 0.2) is 0 Å². The summed E-state index contributed by atoms with van der Waals surface area (Å²) in [6.07, 6.45) is 5.60. The number of hydrogen-bond donors (Lipinski definition) is 3. The fourth-order valence-corrected chi connectivity index (χ4v) is 4.87. The number of rotatable bonds is 0. The lowest BCUT2D eigenvalue weighted by Gasteiger charge is -2.28. The van der Waals surface area contributed by atoms with Crippen molar-refractivity contribution >= 4 is 18.1 Å². The summed E-state index contributed by atoms with van der Waals surface area (Å²) in [5.74, 6) is 0. The Balaban J connectivity index is 1.51. The first-order valence-corrected chi connectivity index (χ1v) is 10.3. The van der Waals surface area contributed by atoms with E-state index in [1.165, 1.54) is 0 Å². The molecule has 9 nitrogen and oxygen atoms in total. The summed E-state index contributed by atoms with van der Waals surface area (Å²) < 4.78 is 0. The van der Waals surface area contributed by atoms with Crippen molar-refractivity contribution in [2.75, 3.05) is 39.3 Å². The molecule has 0 spiro atoms. The van der Waals surface area contributed by atoms with Gasteiger partial charge in [-0.15, -0.1) is 0 Å². The highest BCUT2D eigenvalue weighted by atomic mass is 16.2. The first kappa shape index (κ1) is 18.2. The summed E-state index contributed by atoms with van der Waals surface area (Å²) in [6, 6.07) is -0.146. The molecule has 0 aromatic rings. The highest BCUT2D eigenvalue weighted by Gasteiger charge is 2.35. The number of amides is 6. The van der Waals surface area contributed by atoms with Crippen LogP contribution >= 0.6 is 0 Å². The molecule has 4 heterocycles. The van der Waals surface area contributed by atoms with Crippen LogP contribution in [0, 0.1) is 0 Å². The second-order valence-electron chi connectivity index (χ2n) is 8.03. The van der Waals surface area contributed by atoms with Gasteiger partial charge < -0.3 is 30.7 Å². The summed E-state index contributed by atoms with van der Waals surface area (Å²) >= 11 is 0. The van der Waals surface area contributed by atoms with Crippen LogP contribution in [0.5, 0.6) is 0 Å². The molecule has 4 fully saturated rings. The minimum atomic E-state index is -0.0899. The van der Waals surface area contributed by atoms with E-state index in [1.807, 2.05) is 14.7 Å². The van der Waals surface area contributed by atoms with Gasteiger partial charge in [0.25, 0.3) is 0 Å². The van der Waals surface area contributed by atoms with Crippen molar-refractivity contribution in [1.29, 1.82) is 0 Å². The quantitative estimate of drug-likeness (QED) is 0.573. The van der Waals surface area contributed by atoms with Crippen molar-refractivity contribution < 1.29 is 14.4 Å². The van der Waals surface area contributed by atoms with E-state index in [0.717, 1.165) is 38.5 Å². The van der Waals surface area contributed by atoms with Gasteiger partial charge in [-0.2, -0.15) is 0 Å². The number of fused-ring (bicyclic) bond motifs is 3. The van der Waals surface area contributed by atoms with Crippen molar-refractivity contribution in [3.63, 3.8) is 0 Å². The summed E-state index contributed by atoms with van der Waals surface area (Å²) in [5, 5.41) is 9.03. The molecule has 0 unspecified atom stereocenters. The van der Waals surface area contributed by atoms with E-state index in [2.05, 4.69) is 16.0 Å². The van der Waals surface area contributed by atoms with E-state index in [4.69, 9.17) is 0 Å². The molecule has 0 aromatic heterocycles. The van der Waals surface area contributed by atoms with E-state index < -0.39 is 0 Å².